The molecule has 0 aliphatic rings. The molecule has 0 saturated heterocycles. The number of amides is 1. The van der Waals surface area contributed by atoms with Crippen molar-refractivity contribution in [1.82, 2.24) is 10.6 Å². The van der Waals surface area contributed by atoms with Crippen LogP contribution in [0.3, 0.4) is 0 Å². The Bertz CT molecular complexity index is 455. The van der Waals surface area contributed by atoms with E-state index in [1.165, 1.54) is 12.1 Å². The smallest absolute Gasteiger partial charge is 0.236 e. The average molecular weight is 335 g/mol. The monoisotopic (exact) mass is 334 g/mol. The standard InChI is InChI=1S/C13H17BrF2N2O/c1-3-6-17-13(19)8(2)18-7-9-11(15)5-4-10(14)12(9)16/h4-5,8,18H,3,6-7H2,1-2H3,(H,17,19). The molecule has 1 amide bonds. The summed E-state index contributed by atoms with van der Waals surface area (Å²) in [6, 6.07) is 1.99. The van der Waals surface area contributed by atoms with E-state index in [2.05, 4.69) is 26.6 Å². The summed E-state index contributed by atoms with van der Waals surface area (Å²) in [5.41, 5.74) is -0.0792. The highest BCUT2D eigenvalue weighted by Crippen LogP contribution is 2.21. The van der Waals surface area contributed by atoms with Gasteiger partial charge in [0.25, 0.3) is 0 Å². The minimum absolute atomic E-state index is 0.0438. The first-order valence-corrected chi connectivity index (χ1v) is 6.90. The van der Waals surface area contributed by atoms with E-state index in [1.54, 1.807) is 6.92 Å². The van der Waals surface area contributed by atoms with E-state index in [0.717, 1.165) is 6.42 Å². The van der Waals surface area contributed by atoms with Crippen molar-refractivity contribution >= 4 is 21.8 Å². The third-order valence-electron chi connectivity index (χ3n) is 2.67. The van der Waals surface area contributed by atoms with E-state index in [0.29, 0.717) is 6.54 Å². The number of hydrogen-bond acceptors (Lipinski definition) is 2. The van der Waals surface area contributed by atoms with E-state index in [9.17, 15) is 13.6 Å². The molecule has 1 rings (SSSR count). The van der Waals surface area contributed by atoms with Crippen LogP contribution in [0.1, 0.15) is 25.8 Å². The molecule has 6 heteroatoms. The highest BCUT2D eigenvalue weighted by atomic mass is 79.9. The first-order valence-electron chi connectivity index (χ1n) is 6.10. The van der Waals surface area contributed by atoms with Gasteiger partial charge >= 0.3 is 0 Å². The maximum Gasteiger partial charge on any atom is 0.236 e. The molecule has 0 bridgehead atoms. The Balaban J connectivity index is 2.62. The Morgan fingerprint density at radius 3 is 2.74 bits per heavy atom. The van der Waals surface area contributed by atoms with Gasteiger partial charge in [0.05, 0.1) is 10.5 Å². The largest absolute Gasteiger partial charge is 0.355 e. The van der Waals surface area contributed by atoms with Crippen molar-refractivity contribution in [2.24, 2.45) is 0 Å². The fourth-order valence-electron chi connectivity index (χ4n) is 1.48. The lowest BCUT2D eigenvalue weighted by molar-refractivity contribution is -0.122. The summed E-state index contributed by atoms with van der Waals surface area (Å²) >= 11 is 3.00. The van der Waals surface area contributed by atoms with Gasteiger partial charge in [0.15, 0.2) is 0 Å². The van der Waals surface area contributed by atoms with E-state index in [-0.39, 0.29) is 22.5 Å². The van der Waals surface area contributed by atoms with Crippen LogP contribution >= 0.6 is 15.9 Å². The van der Waals surface area contributed by atoms with Gasteiger partial charge in [-0.05, 0) is 41.4 Å². The van der Waals surface area contributed by atoms with Gasteiger partial charge in [-0.1, -0.05) is 6.92 Å². The van der Waals surface area contributed by atoms with Crippen LogP contribution in [0.2, 0.25) is 0 Å². The summed E-state index contributed by atoms with van der Waals surface area (Å²) in [7, 11) is 0. The van der Waals surface area contributed by atoms with Gasteiger partial charge in [-0.25, -0.2) is 8.78 Å². The van der Waals surface area contributed by atoms with Crippen LogP contribution < -0.4 is 10.6 Å². The molecular formula is C13H17BrF2N2O. The molecule has 0 aliphatic heterocycles. The quantitative estimate of drug-likeness (QED) is 0.785. The summed E-state index contributed by atoms with van der Waals surface area (Å²) in [6.45, 7) is 4.14. The van der Waals surface area contributed by atoms with Gasteiger partial charge in [0.1, 0.15) is 11.6 Å². The van der Waals surface area contributed by atoms with E-state index >= 15 is 0 Å². The number of halogens is 3. The minimum Gasteiger partial charge on any atom is -0.355 e. The van der Waals surface area contributed by atoms with Crippen LogP contribution in [0, 0.1) is 11.6 Å². The molecule has 0 radical (unpaired) electrons. The third kappa shape index (κ3) is 4.54. The molecule has 1 unspecified atom stereocenters. The second-order valence-corrected chi connectivity index (χ2v) is 5.07. The van der Waals surface area contributed by atoms with Gasteiger partial charge in [0.2, 0.25) is 5.91 Å². The highest BCUT2D eigenvalue weighted by molar-refractivity contribution is 9.10. The molecule has 0 fully saturated rings. The van der Waals surface area contributed by atoms with Crippen molar-refractivity contribution in [2.45, 2.75) is 32.9 Å². The molecule has 0 aromatic heterocycles. The van der Waals surface area contributed by atoms with Crippen LogP contribution in [-0.2, 0) is 11.3 Å². The molecule has 0 spiro atoms. The van der Waals surface area contributed by atoms with Crippen molar-refractivity contribution in [3.8, 4) is 0 Å². The van der Waals surface area contributed by atoms with Gasteiger partial charge in [-0.3, -0.25) is 4.79 Å². The van der Waals surface area contributed by atoms with Crippen molar-refractivity contribution in [2.75, 3.05) is 6.54 Å². The number of benzene rings is 1. The predicted octanol–water partition coefficient (Wildman–Crippen LogP) is 2.73. The summed E-state index contributed by atoms with van der Waals surface area (Å²) in [4.78, 5) is 11.6. The number of carbonyl (C=O) groups is 1. The van der Waals surface area contributed by atoms with Crippen LogP contribution in [0.15, 0.2) is 16.6 Å². The molecule has 19 heavy (non-hydrogen) atoms. The number of nitrogens with one attached hydrogen (secondary N) is 2. The first kappa shape index (κ1) is 16.0. The van der Waals surface area contributed by atoms with E-state index in [4.69, 9.17) is 0 Å². The molecule has 0 saturated carbocycles. The summed E-state index contributed by atoms with van der Waals surface area (Å²) in [5, 5.41) is 5.51. The van der Waals surface area contributed by atoms with Crippen LogP contribution in [0.5, 0.6) is 0 Å². The molecular weight excluding hydrogens is 318 g/mol. The fraction of sp³-hybridized carbons (Fsp3) is 0.462. The first-order chi connectivity index (χ1) is 8.97. The molecule has 2 N–H and O–H groups in total. The average Bonchev–Trinajstić information content (AvgIpc) is 2.40. The zero-order valence-electron chi connectivity index (χ0n) is 10.9. The van der Waals surface area contributed by atoms with Crippen molar-refractivity contribution in [1.29, 1.82) is 0 Å². The molecule has 1 aromatic carbocycles. The van der Waals surface area contributed by atoms with Gasteiger partial charge in [-0.2, -0.15) is 0 Å². The maximum atomic E-state index is 13.7. The molecule has 3 nitrogen and oxygen atoms in total. The van der Waals surface area contributed by atoms with Crippen molar-refractivity contribution in [3.63, 3.8) is 0 Å². The molecule has 0 heterocycles. The zero-order chi connectivity index (χ0) is 14.4. The highest BCUT2D eigenvalue weighted by Gasteiger charge is 2.16. The van der Waals surface area contributed by atoms with Crippen molar-refractivity contribution < 1.29 is 13.6 Å². The Kier molecular flexibility index (Phi) is 6.37. The molecule has 0 aliphatic carbocycles. The van der Waals surface area contributed by atoms with E-state index in [1.807, 2.05) is 6.92 Å². The molecule has 1 atom stereocenters. The molecule has 106 valence electrons. The van der Waals surface area contributed by atoms with Crippen LogP contribution in [-0.4, -0.2) is 18.5 Å². The molecule has 1 aromatic rings. The Labute approximate surface area is 119 Å². The number of carbonyl (C=O) groups excluding carboxylic acids is 1. The minimum atomic E-state index is -0.645. The lowest BCUT2D eigenvalue weighted by Gasteiger charge is -2.14. The zero-order valence-corrected chi connectivity index (χ0v) is 12.5. The summed E-state index contributed by atoms with van der Waals surface area (Å²) < 4.78 is 27.4. The van der Waals surface area contributed by atoms with Gasteiger partial charge in [-0.15, -0.1) is 0 Å². The summed E-state index contributed by atoms with van der Waals surface area (Å²) in [5.74, 6) is -1.46. The Morgan fingerprint density at radius 2 is 2.11 bits per heavy atom. The predicted molar refractivity (Wildman–Crippen MR) is 73.7 cm³/mol. The lowest BCUT2D eigenvalue weighted by atomic mass is 10.2. The third-order valence-corrected chi connectivity index (χ3v) is 3.28. The Hall–Kier alpha value is -1.01. The van der Waals surface area contributed by atoms with Gasteiger partial charge < -0.3 is 10.6 Å². The van der Waals surface area contributed by atoms with Crippen LogP contribution in [0.4, 0.5) is 8.78 Å². The fourth-order valence-corrected chi connectivity index (χ4v) is 1.85. The second kappa shape index (κ2) is 7.55. The van der Waals surface area contributed by atoms with Crippen molar-refractivity contribution in [3.05, 3.63) is 33.8 Å². The SMILES string of the molecule is CCCNC(=O)C(C)NCc1c(F)ccc(Br)c1F. The topological polar surface area (TPSA) is 41.1 Å². The lowest BCUT2D eigenvalue weighted by Crippen LogP contribution is -2.42. The second-order valence-electron chi connectivity index (χ2n) is 4.22. The van der Waals surface area contributed by atoms with Gasteiger partial charge in [0, 0.05) is 18.7 Å². The number of hydrogen-bond donors (Lipinski definition) is 2. The number of rotatable bonds is 6. The van der Waals surface area contributed by atoms with Crippen LogP contribution in [0.25, 0.3) is 0 Å². The Morgan fingerprint density at radius 1 is 1.42 bits per heavy atom. The maximum absolute atomic E-state index is 13.7. The summed E-state index contributed by atoms with van der Waals surface area (Å²) in [6.07, 6.45) is 0.841. The van der Waals surface area contributed by atoms with E-state index < -0.39 is 17.7 Å². The normalized spacial score (nSPS) is 12.3.